The molecule has 0 fully saturated rings. The van der Waals surface area contributed by atoms with E-state index in [1.165, 1.54) is 10.1 Å². The van der Waals surface area contributed by atoms with Gasteiger partial charge in [0.2, 0.25) is 0 Å². The molecule has 1 heterocycles. The average Bonchev–Trinajstić information content (AvgIpc) is 2.74. The number of nitrogens with zero attached hydrogens (tertiary/aromatic N) is 1. The second kappa shape index (κ2) is 7.85. The fourth-order valence-electron chi connectivity index (χ4n) is 3.20. The molecule has 5 nitrogen and oxygen atoms in total. The minimum Gasteiger partial charge on any atom is -0.331 e. The van der Waals surface area contributed by atoms with Gasteiger partial charge in [-0.3, -0.25) is 14.2 Å². The van der Waals surface area contributed by atoms with Crippen molar-refractivity contribution in [1.29, 1.82) is 0 Å². The van der Waals surface area contributed by atoms with E-state index < -0.39 is 0 Å². The first-order valence-corrected chi connectivity index (χ1v) is 9.72. The number of anilines is 1. The van der Waals surface area contributed by atoms with E-state index in [2.05, 4.69) is 17.2 Å². The van der Waals surface area contributed by atoms with Crippen LogP contribution in [0.5, 0.6) is 0 Å². The molecule has 0 saturated heterocycles. The lowest BCUT2D eigenvalue weighted by atomic mass is 10.1. The van der Waals surface area contributed by atoms with Gasteiger partial charge in [-0.2, -0.15) is 0 Å². The lowest BCUT2D eigenvalue weighted by molar-refractivity contribution is 0.102. The molecular formula is C23H19N3O2S. The number of fused-ring (bicyclic) bond motifs is 1. The van der Waals surface area contributed by atoms with Crippen LogP contribution in [0, 0.1) is 4.77 Å². The molecule has 29 heavy (non-hydrogen) atoms. The van der Waals surface area contributed by atoms with E-state index in [0.29, 0.717) is 22.2 Å². The Kier molecular flexibility index (Phi) is 5.10. The number of nitrogens with one attached hydrogen (secondary N) is 2. The van der Waals surface area contributed by atoms with Crippen LogP contribution in [0.4, 0.5) is 5.69 Å². The average molecular weight is 401 g/mol. The van der Waals surface area contributed by atoms with Crippen LogP contribution < -0.4 is 10.9 Å². The van der Waals surface area contributed by atoms with E-state index in [0.717, 1.165) is 12.1 Å². The molecular weight excluding hydrogens is 382 g/mol. The SMILES string of the molecule is CCc1ccc(NC(=O)c2ccc3c(=O)n(-c4ccccc4)c(=S)[nH]c3c2)cc1. The van der Waals surface area contributed by atoms with Crippen LogP contribution in [-0.4, -0.2) is 15.5 Å². The van der Waals surface area contributed by atoms with Crippen molar-refractivity contribution in [3.8, 4) is 5.69 Å². The summed E-state index contributed by atoms with van der Waals surface area (Å²) in [5, 5.41) is 3.34. The van der Waals surface area contributed by atoms with Gasteiger partial charge >= 0.3 is 0 Å². The molecule has 6 heteroatoms. The summed E-state index contributed by atoms with van der Waals surface area (Å²) in [5.41, 5.74) is 3.37. The quantitative estimate of drug-likeness (QED) is 0.480. The Hall–Kier alpha value is -3.51. The van der Waals surface area contributed by atoms with Crippen LogP contribution in [0.2, 0.25) is 0 Å². The zero-order valence-electron chi connectivity index (χ0n) is 15.8. The van der Waals surface area contributed by atoms with Gasteiger partial charge in [0.25, 0.3) is 11.5 Å². The number of hydrogen-bond acceptors (Lipinski definition) is 3. The predicted octanol–water partition coefficient (Wildman–Crippen LogP) is 4.86. The third-order valence-electron chi connectivity index (χ3n) is 4.79. The third kappa shape index (κ3) is 3.75. The van der Waals surface area contributed by atoms with Gasteiger partial charge in [0, 0.05) is 11.3 Å². The third-order valence-corrected chi connectivity index (χ3v) is 5.08. The maximum Gasteiger partial charge on any atom is 0.266 e. The molecule has 1 aromatic heterocycles. The molecule has 144 valence electrons. The number of aromatic nitrogens is 2. The highest BCUT2D eigenvalue weighted by molar-refractivity contribution is 7.71. The second-order valence-corrected chi connectivity index (χ2v) is 7.06. The topological polar surface area (TPSA) is 66.9 Å². The van der Waals surface area contributed by atoms with E-state index >= 15 is 0 Å². The summed E-state index contributed by atoms with van der Waals surface area (Å²) >= 11 is 5.39. The Morgan fingerprint density at radius 2 is 1.76 bits per heavy atom. The summed E-state index contributed by atoms with van der Waals surface area (Å²) < 4.78 is 1.73. The molecule has 0 aliphatic carbocycles. The molecule has 0 saturated carbocycles. The minimum atomic E-state index is -0.247. The predicted molar refractivity (Wildman–Crippen MR) is 119 cm³/mol. The summed E-state index contributed by atoms with van der Waals surface area (Å²) in [6, 6.07) is 21.9. The molecule has 0 atom stereocenters. The Morgan fingerprint density at radius 3 is 2.45 bits per heavy atom. The zero-order valence-corrected chi connectivity index (χ0v) is 16.6. The Labute approximate surface area is 172 Å². The van der Waals surface area contributed by atoms with Crippen molar-refractivity contribution in [2.75, 3.05) is 5.32 Å². The van der Waals surface area contributed by atoms with Gasteiger partial charge in [0.1, 0.15) is 0 Å². The Balaban J connectivity index is 1.70. The summed E-state index contributed by atoms with van der Waals surface area (Å²) in [6.07, 6.45) is 0.943. The molecule has 0 radical (unpaired) electrons. The molecule has 0 spiro atoms. The number of aromatic amines is 1. The maximum absolute atomic E-state index is 13.0. The molecule has 2 N–H and O–H groups in total. The van der Waals surface area contributed by atoms with Gasteiger partial charge in [0.15, 0.2) is 4.77 Å². The molecule has 4 aromatic rings. The number of aryl methyl sites for hydroxylation is 1. The fourth-order valence-corrected chi connectivity index (χ4v) is 3.50. The van der Waals surface area contributed by atoms with Gasteiger partial charge in [-0.25, -0.2) is 0 Å². The standard InChI is InChI=1S/C23H19N3O2S/c1-2-15-8-11-17(12-9-15)24-21(27)16-10-13-19-20(14-16)25-23(29)26(22(19)28)18-6-4-3-5-7-18/h3-14H,2H2,1H3,(H,24,27)(H,25,29). The molecule has 4 rings (SSSR count). The molecule has 1 amide bonds. The highest BCUT2D eigenvalue weighted by Crippen LogP contribution is 2.16. The van der Waals surface area contributed by atoms with Crippen LogP contribution in [0.15, 0.2) is 77.6 Å². The number of carbonyl (C=O) groups is 1. The molecule has 3 aromatic carbocycles. The van der Waals surface area contributed by atoms with Crippen molar-refractivity contribution in [3.63, 3.8) is 0 Å². The first-order valence-electron chi connectivity index (χ1n) is 9.31. The first kappa shape index (κ1) is 18.8. The number of benzene rings is 3. The van der Waals surface area contributed by atoms with Gasteiger partial charge in [-0.1, -0.05) is 37.3 Å². The summed E-state index contributed by atoms with van der Waals surface area (Å²) in [4.78, 5) is 28.7. The molecule has 0 bridgehead atoms. The minimum absolute atomic E-state index is 0.225. The Bertz CT molecular complexity index is 1310. The van der Waals surface area contributed by atoms with Crippen molar-refractivity contribution in [2.24, 2.45) is 0 Å². The van der Waals surface area contributed by atoms with E-state index in [4.69, 9.17) is 12.2 Å². The smallest absolute Gasteiger partial charge is 0.266 e. The highest BCUT2D eigenvalue weighted by Gasteiger charge is 2.11. The van der Waals surface area contributed by atoms with Gasteiger partial charge in [-0.05, 0) is 66.7 Å². The Morgan fingerprint density at radius 1 is 1.03 bits per heavy atom. The van der Waals surface area contributed by atoms with Crippen molar-refractivity contribution < 1.29 is 4.79 Å². The second-order valence-electron chi connectivity index (χ2n) is 6.67. The monoisotopic (exact) mass is 401 g/mol. The van der Waals surface area contributed by atoms with Crippen LogP contribution in [0.3, 0.4) is 0 Å². The molecule has 0 aliphatic rings. The zero-order chi connectivity index (χ0) is 20.4. The van der Waals surface area contributed by atoms with Gasteiger partial charge < -0.3 is 10.3 Å². The van der Waals surface area contributed by atoms with Gasteiger partial charge in [-0.15, -0.1) is 0 Å². The highest BCUT2D eigenvalue weighted by atomic mass is 32.1. The van der Waals surface area contributed by atoms with E-state index in [1.54, 1.807) is 18.2 Å². The van der Waals surface area contributed by atoms with Crippen molar-refractivity contribution in [3.05, 3.63) is 99.0 Å². The first-order chi connectivity index (χ1) is 14.1. The maximum atomic E-state index is 13.0. The van der Waals surface area contributed by atoms with E-state index in [1.807, 2.05) is 54.6 Å². The van der Waals surface area contributed by atoms with Crippen molar-refractivity contribution in [2.45, 2.75) is 13.3 Å². The molecule has 0 aliphatic heterocycles. The van der Waals surface area contributed by atoms with E-state index in [9.17, 15) is 9.59 Å². The van der Waals surface area contributed by atoms with Crippen molar-refractivity contribution >= 4 is 34.7 Å². The van der Waals surface area contributed by atoms with Crippen LogP contribution in [0.25, 0.3) is 16.6 Å². The largest absolute Gasteiger partial charge is 0.331 e. The summed E-state index contributed by atoms with van der Waals surface area (Å²) in [5.74, 6) is -0.247. The lowest BCUT2D eigenvalue weighted by Gasteiger charge is -2.10. The molecule has 0 unspecified atom stereocenters. The van der Waals surface area contributed by atoms with Crippen LogP contribution >= 0.6 is 12.2 Å². The number of carbonyl (C=O) groups excluding carboxylic acids is 1. The summed E-state index contributed by atoms with van der Waals surface area (Å²) in [6.45, 7) is 2.08. The summed E-state index contributed by atoms with van der Waals surface area (Å²) in [7, 11) is 0. The number of rotatable bonds is 4. The van der Waals surface area contributed by atoms with E-state index in [-0.39, 0.29) is 16.2 Å². The lowest BCUT2D eigenvalue weighted by Crippen LogP contribution is -2.21. The number of amides is 1. The fraction of sp³-hybridized carbons (Fsp3) is 0.0870. The van der Waals surface area contributed by atoms with Crippen LogP contribution in [-0.2, 0) is 6.42 Å². The normalized spacial score (nSPS) is 10.8. The van der Waals surface area contributed by atoms with Gasteiger partial charge in [0.05, 0.1) is 16.6 Å². The van der Waals surface area contributed by atoms with Crippen molar-refractivity contribution in [1.82, 2.24) is 9.55 Å². The number of para-hydroxylation sites is 1. The number of H-pyrrole nitrogens is 1. The van der Waals surface area contributed by atoms with Crippen LogP contribution in [0.1, 0.15) is 22.8 Å². The number of hydrogen-bond donors (Lipinski definition) is 2.